The van der Waals surface area contributed by atoms with Crippen LogP contribution in [0.15, 0.2) is 47.1 Å². The minimum absolute atomic E-state index is 0.121. The molecule has 2 aromatic rings. The monoisotopic (exact) mass is 562 g/mol. The molecule has 1 fully saturated rings. The number of hydrogen-bond donors (Lipinski definition) is 0. The van der Waals surface area contributed by atoms with Gasteiger partial charge in [0.05, 0.1) is 0 Å². The third-order valence-electron chi connectivity index (χ3n) is 11.9. The van der Waals surface area contributed by atoms with Crippen LogP contribution < -0.4 is 0 Å². The highest BCUT2D eigenvalue weighted by molar-refractivity contribution is 5.82. The number of aryl methyl sites for hydroxylation is 2. The fourth-order valence-corrected chi connectivity index (χ4v) is 9.79. The molecule has 2 aromatic carbocycles. The molecule has 0 spiro atoms. The second kappa shape index (κ2) is 9.71. The lowest BCUT2D eigenvalue weighted by atomic mass is 9.64. The van der Waals surface area contributed by atoms with E-state index in [9.17, 15) is 0 Å². The van der Waals surface area contributed by atoms with Gasteiger partial charge < -0.3 is 0 Å². The average Bonchev–Trinajstić information content (AvgIpc) is 3.53. The van der Waals surface area contributed by atoms with E-state index >= 15 is 0 Å². The zero-order valence-corrected chi connectivity index (χ0v) is 29.1. The Hall–Kier alpha value is -2.08. The van der Waals surface area contributed by atoms with Crippen molar-refractivity contribution in [2.24, 2.45) is 22.7 Å². The molecule has 6 rings (SSSR count). The van der Waals surface area contributed by atoms with Crippen LogP contribution in [0.3, 0.4) is 0 Å². The lowest BCUT2D eigenvalue weighted by Gasteiger charge is -2.39. The van der Waals surface area contributed by atoms with Crippen molar-refractivity contribution in [3.8, 4) is 11.1 Å². The summed E-state index contributed by atoms with van der Waals surface area (Å²) in [6.07, 6.45) is 12.4. The standard InChI is InChI=1S/C42H58/c1-25-18-32-29(22-35(25)40(6,7)8)30-23-36(41(9,10)11)26(2)19-33(30)38(32)42(12)24-34(27-16-14-13-15-17-27)31-20-28(21-37(31)42)39(3,4)5/h18-19,21-23,27,34,38H,13-17,20,24H2,1-12H3. The molecule has 2 atom stereocenters. The van der Waals surface area contributed by atoms with Gasteiger partial charge in [-0.25, -0.2) is 0 Å². The number of hydrogen-bond acceptors (Lipinski definition) is 0. The van der Waals surface area contributed by atoms with Gasteiger partial charge in [0.25, 0.3) is 0 Å². The highest BCUT2D eigenvalue weighted by Gasteiger charge is 2.53. The van der Waals surface area contributed by atoms with Crippen LogP contribution in [0.5, 0.6) is 0 Å². The van der Waals surface area contributed by atoms with Gasteiger partial charge in [-0.15, -0.1) is 0 Å². The summed E-state index contributed by atoms with van der Waals surface area (Å²) in [6, 6.07) is 10.4. The van der Waals surface area contributed by atoms with Crippen molar-refractivity contribution in [1.29, 1.82) is 0 Å². The summed E-state index contributed by atoms with van der Waals surface area (Å²) in [5.41, 5.74) is 18.0. The van der Waals surface area contributed by atoms with Crippen molar-refractivity contribution >= 4 is 0 Å². The maximum Gasteiger partial charge on any atom is 0.0196 e. The van der Waals surface area contributed by atoms with E-state index in [1.54, 1.807) is 22.3 Å². The van der Waals surface area contributed by atoms with Gasteiger partial charge in [0.1, 0.15) is 0 Å². The van der Waals surface area contributed by atoms with Crippen molar-refractivity contribution in [2.45, 2.75) is 145 Å². The third-order valence-corrected chi connectivity index (χ3v) is 11.9. The summed E-state index contributed by atoms with van der Waals surface area (Å²) in [6.45, 7) is 29.0. The van der Waals surface area contributed by atoms with E-state index in [2.05, 4.69) is 113 Å². The zero-order valence-electron chi connectivity index (χ0n) is 29.1. The number of allylic oxidation sites excluding steroid dienone is 4. The maximum absolute atomic E-state index is 2.71. The number of fused-ring (bicyclic) bond motifs is 3. The molecule has 0 heterocycles. The summed E-state index contributed by atoms with van der Waals surface area (Å²) >= 11 is 0. The van der Waals surface area contributed by atoms with Gasteiger partial charge in [0.15, 0.2) is 0 Å². The summed E-state index contributed by atoms with van der Waals surface area (Å²) in [5.74, 6) is 2.03. The molecule has 226 valence electrons. The topological polar surface area (TPSA) is 0 Å². The second-order valence-corrected chi connectivity index (χ2v) is 18.1. The Labute approximate surface area is 258 Å². The molecule has 42 heavy (non-hydrogen) atoms. The van der Waals surface area contributed by atoms with Gasteiger partial charge in [0, 0.05) is 11.3 Å². The van der Waals surface area contributed by atoms with Crippen molar-refractivity contribution in [3.05, 3.63) is 80.4 Å². The fourth-order valence-electron chi connectivity index (χ4n) is 9.79. The van der Waals surface area contributed by atoms with Crippen LogP contribution >= 0.6 is 0 Å². The largest absolute Gasteiger partial charge is 0.0605 e. The summed E-state index contributed by atoms with van der Waals surface area (Å²) in [5, 5.41) is 0. The van der Waals surface area contributed by atoms with E-state index in [-0.39, 0.29) is 21.7 Å². The van der Waals surface area contributed by atoms with Gasteiger partial charge >= 0.3 is 0 Å². The van der Waals surface area contributed by atoms with Crippen molar-refractivity contribution in [1.82, 2.24) is 0 Å². The average molecular weight is 563 g/mol. The first-order valence-electron chi connectivity index (χ1n) is 17.2. The lowest BCUT2D eigenvalue weighted by Crippen LogP contribution is -2.28. The Kier molecular flexibility index (Phi) is 6.93. The predicted octanol–water partition coefficient (Wildman–Crippen LogP) is 12.3. The van der Waals surface area contributed by atoms with Crippen LogP contribution in [0.1, 0.15) is 153 Å². The smallest absolute Gasteiger partial charge is 0.0196 e. The van der Waals surface area contributed by atoms with Gasteiger partial charge in [0.2, 0.25) is 0 Å². The van der Waals surface area contributed by atoms with Crippen LogP contribution in [0, 0.1) is 36.5 Å². The third kappa shape index (κ3) is 4.70. The van der Waals surface area contributed by atoms with Crippen LogP contribution in [0.25, 0.3) is 11.1 Å². The highest BCUT2D eigenvalue weighted by atomic mass is 14.6. The molecule has 0 aromatic heterocycles. The van der Waals surface area contributed by atoms with Crippen LogP contribution in [0.4, 0.5) is 0 Å². The van der Waals surface area contributed by atoms with E-state index in [0.717, 1.165) is 11.8 Å². The molecule has 4 aliphatic carbocycles. The number of rotatable bonds is 2. The van der Waals surface area contributed by atoms with Crippen LogP contribution in [0.2, 0.25) is 0 Å². The first-order valence-corrected chi connectivity index (χ1v) is 17.2. The molecule has 1 saturated carbocycles. The molecule has 0 heteroatoms. The molecule has 0 bridgehead atoms. The molecule has 2 unspecified atom stereocenters. The second-order valence-electron chi connectivity index (χ2n) is 18.1. The minimum atomic E-state index is 0.121. The van der Waals surface area contributed by atoms with Crippen LogP contribution in [-0.2, 0) is 10.8 Å². The summed E-state index contributed by atoms with van der Waals surface area (Å²) in [4.78, 5) is 0. The summed E-state index contributed by atoms with van der Waals surface area (Å²) in [7, 11) is 0. The Morgan fingerprint density at radius 3 is 1.62 bits per heavy atom. The maximum atomic E-state index is 2.71. The van der Waals surface area contributed by atoms with Gasteiger partial charge in [-0.2, -0.15) is 0 Å². The Morgan fingerprint density at radius 1 is 0.667 bits per heavy atom. The summed E-state index contributed by atoms with van der Waals surface area (Å²) < 4.78 is 0. The molecule has 0 aliphatic heterocycles. The highest BCUT2D eigenvalue weighted by Crippen LogP contribution is 2.66. The molecule has 0 amide bonds. The van der Waals surface area contributed by atoms with E-state index in [0.29, 0.717) is 5.92 Å². The fraction of sp³-hybridized carbons (Fsp3) is 0.619. The Balaban J connectivity index is 1.59. The molecule has 0 radical (unpaired) electrons. The Morgan fingerprint density at radius 2 is 1.17 bits per heavy atom. The van der Waals surface area contributed by atoms with Crippen molar-refractivity contribution in [3.63, 3.8) is 0 Å². The van der Waals surface area contributed by atoms with E-state index in [1.807, 2.05) is 5.57 Å². The van der Waals surface area contributed by atoms with Gasteiger partial charge in [-0.3, -0.25) is 0 Å². The zero-order chi connectivity index (χ0) is 30.6. The first-order chi connectivity index (χ1) is 19.4. The molecular weight excluding hydrogens is 504 g/mol. The van der Waals surface area contributed by atoms with Crippen molar-refractivity contribution in [2.75, 3.05) is 0 Å². The molecule has 0 saturated heterocycles. The number of benzene rings is 2. The lowest BCUT2D eigenvalue weighted by molar-refractivity contribution is 0.221. The molecule has 0 nitrogen and oxygen atoms in total. The minimum Gasteiger partial charge on any atom is -0.0605 e. The van der Waals surface area contributed by atoms with E-state index < -0.39 is 0 Å². The Bertz CT molecular complexity index is 1410. The first kappa shape index (κ1) is 30.0. The van der Waals surface area contributed by atoms with Gasteiger partial charge in [-0.05, 0) is 118 Å². The van der Waals surface area contributed by atoms with E-state index in [1.165, 1.54) is 78.3 Å². The molecular formula is C42H58. The molecule has 4 aliphatic rings. The van der Waals surface area contributed by atoms with Crippen LogP contribution in [-0.4, -0.2) is 0 Å². The van der Waals surface area contributed by atoms with E-state index in [4.69, 9.17) is 0 Å². The predicted molar refractivity (Wildman–Crippen MR) is 183 cm³/mol. The van der Waals surface area contributed by atoms with Gasteiger partial charge in [-0.1, -0.05) is 130 Å². The molecule has 0 N–H and O–H groups in total. The SMILES string of the molecule is Cc1cc2c(cc1C(C)(C)C)-c1cc(C(C)(C)C)c(C)cc1C2C1(C)CC(C2CCCCC2)C2=C1C=C(C(C)(C)C)C2. The quantitative estimate of drug-likeness (QED) is 0.341. The van der Waals surface area contributed by atoms with Crippen molar-refractivity contribution < 1.29 is 0 Å². The normalized spacial score (nSPS) is 25.1.